The average molecular weight is 235 g/mol. The Morgan fingerprint density at radius 2 is 1.94 bits per heavy atom. The lowest BCUT2D eigenvalue weighted by molar-refractivity contribution is -0.145. The van der Waals surface area contributed by atoms with E-state index in [2.05, 4.69) is 13.8 Å². The lowest BCUT2D eigenvalue weighted by Gasteiger charge is -2.14. The van der Waals surface area contributed by atoms with Crippen LogP contribution >= 0.6 is 0 Å². The summed E-state index contributed by atoms with van der Waals surface area (Å²) >= 11 is 0. The summed E-state index contributed by atoms with van der Waals surface area (Å²) in [6.45, 7) is 4.45. The van der Waals surface area contributed by atoms with Crippen molar-refractivity contribution in [2.45, 2.75) is 39.3 Å². The number of carbonyl (C=O) groups is 1. The zero-order valence-electron chi connectivity index (χ0n) is 10.6. The molecule has 0 radical (unpaired) electrons. The first-order chi connectivity index (χ1) is 8.09. The minimum atomic E-state index is -0.176. The summed E-state index contributed by atoms with van der Waals surface area (Å²) in [4.78, 5) is 11.5. The highest BCUT2D eigenvalue weighted by Crippen LogP contribution is 2.07. The Morgan fingerprint density at radius 3 is 2.53 bits per heavy atom. The van der Waals surface area contributed by atoms with Gasteiger partial charge in [0.05, 0.1) is 0 Å². The highest BCUT2D eigenvalue weighted by molar-refractivity contribution is 5.69. The molecule has 17 heavy (non-hydrogen) atoms. The maximum Gasteiger partial charge on any atom is 0.306 e. The molecule has 1 aromatic rings. The molecule has 3 nitrogen and oxygen atoms in total. The second kappa shape index (κ2) is 7.07. The summed E-state index contributed by atoms with van der Waals surface area (Å²) in [5.41, 5.74) is 6.87. The first kappa shape index (κ1) is 13.7. The van der Waals surface area contributed by atoms with Crippen LogP contribution < -0.4 is 5.73 Å². The van der Waals surface area contributed by atoms with Crippen molar-refractivity contribution >= 4 is 5.97 Å². The minimum absolute atomic E-state index is 0.0688. The summed E-state index contributed by atoms with van der Waals surface area (Å²) in [7, 11) is 0. The van der Waals surface area contributed by atoms with E-state index in [0.717, 1.165) is 5.56 Å². The first-order valence-electron chi connectivity index (χ1n) is 6.04. The Morgan fingerprint density at radius 1 is 1.29 bits per heavy atom. The average Bonchev–Trinajstić information content (AvgIpc) is 2.34. The monoisotopic (exact) mass is 235 g/mol. The lowest BCUT2D eigenvalue weighted by atomic mass is 10.0. The Labute approximate surface area is 103 Å². The molecular formula is C14H21NO2. The van der Waals surface area contributed by atoms with Crippen LogP contribution in [0.15, 0.2) is 30.3 Å². The van der Waals surface area contributed by atoms with Gasteiger partial charge in [0.25, 0.3) is 0 Å². The second-order valence-electron chi connectivity index (χ2n) is 4.59. The zero-order chi connectivity index (χ0) is 12.7. The summed E-state index contributed by atoms with van der Waals surface area (Å²) in [5.74, 6) is 0.224. The molecule has 0 aliphatic heterocycles. The van der Waals surface area contributed by atoms with Crippen molar-refractivity contribution in [1.29, 1.82) is 0 Å². The summed E-state index contributed by atoms with van der Waals surface area (Å²) < 4.78 is 5.16. The van der Waals surface area contributed by atoms with Gasteiger partial charge in [-0.1, -0.05) is 44.2 Å². The van der Waals surface area contributed by atoms with Gasteiger partial charge in [0.15, 0.2) is 0 Å². The normalized spacial score (nSPS) is 12.5. The molecule has 0 fully saturated rings. The highest BCUT2D eigenvalue weighted by Gasteiger charge is 2.11. The van der Waals surface area contributed by atoms with Gasteiger partial charge in [-0.3, -0.25) is 4.79 Å². The number of benzene rings is 1. The molecule has 2 N–H and O–H groups in total. The van der Waals surface area contributed by atoms with Gasteiger partial charge in [0, 0.05) is 12.5 Å². The van der Waals surface area contributed by atoms with Crippen molar-refractivity contribution in [3.05, 3.63) is 35.9 Å². The van der Waals surface area contributed by atoms with Crippen molar-refractivity contribution in [1.82, 2.24) is 0 Å². The van der Waals surface area contributed by atoms with E-state index in [4.69, 9.17) is 10.5 Å². The molecule has 0 spiro atoms. The number of hydrogen-bond donors (Lipinski definition) is 1. The fourth-order valence-corrected chi connectivity index (χ4v) is 1.43. The van der Waals surface area contributed by atoms with E-state index >= 15 is 0 Å². The van der Waals surface area contributed by atoms with E-state index in [9.17, 15) is 4.79 Å². The van der Waals surface area contributed by atoms with Gasteiger partial charge < -0.3 is 10.5 Å². The molecule has 0 aromatic heterocycles. The van der Waals surface area contributed by atoms with Crippen molar-refractivity contribution < 1.29 is 9.53 Å². The number of nitrogens with two attached hydrogens (primary N) is 1. The Kier molecular flexibility index (Phi) is 5.70. The SMILES string of the molecule is CC(C)C(N)CCC(=O)OCc1ccccc1. The largest absolute Gasteiger partial charge is 0.461 e. The quantitative estimate of drug-likeness (QED) is 0.771. The molecule has 0 saturated heterocycles. The number of ether oxygens (including phenoxy) is 1. The summed E-state index contributed by atoms with van der Waals surface area (Å²) in [6.07, 6.45) is 1.08. The van der Waals surface area contributed by atoms with Crippen LogP contribution in [0.5, 0.6) is 0 Å². The molecule has 0 aliphatic rings. The van der Waals surface area contributed by atoms with Crippen LogP contribution in [-0.2, 0) is 16.1 Å². The Bertz CT molecular complexity index is 335. The molecule has 94 valence electrons. The molecule has 1 aromatic carbocycles. The third-order valence-corrected chi connectivity index (χ3v) is 2.78. The second-order valence-corrected chi connectivity index (χ2v) is 4.59. The Hall–Kier alpha value is -1.35. The van der Waals surface area contributed by atoms with Crippen LogP contribution in [0.25, 0.3) is 0 Å². The molecule has 0 amide bonds. The van der Waals surface area contributed by atoms with Crippen molar-refractivity contribution in [3.8, 4) is 0 Å². The number of esters is 1. The summed E-state index contributed by atoms with van der Waals surface area (Å²) in [5, 5.41) is 0. The highest BCUT2D eigenvalue weighted by atomic mass is 16.5. The van der Waals surface area contributed by atoms with Gasteiger partial charge in [0.2, 0.25) is 0 Å². The van der Waals surface area contributed by atoms with E-state index in [1.807, 2.05) is 30.3 Å². The van der Waals surface area contributed by atoms with E-state index in [0.29, 0.717) is 25.4 Å². The maximum atomic E-state index is 11.5. The maximum absolute atomic E-state index is 11.5. The van der Waals surface area contributed by atoms with Crippen LogP contribution in [0.1, 0.15) is 32.3 Å². The van der Waals surface area contributed by atoms with Crippen LogP contribution in [0.3, 0.4) is 0 Å². The third-order valence-electron chi connectivity index (χ3n) is 2.78. The molecule has 1 atom stereocenters. The predicted octanol–water partition coefficient (Wildman–Crippen LogP) is 2.49. The van der Waals surface area contributed by atoms with Gasteiger partial charge in [-0.2, -0.15) is 0 Å². The Balaban J connectivity index is 2.22. The van der Waals surface area contributed by atoms with E-state index in [1.165, 1.54) is 0 Å². The molecule has 3 heteroatoms. The molecule has 0 saturated carbocycles. The zero-order valence-corrected chi connectivity index (χ0v) is 10.6. The van der Waals surface area contributed by atoms with Crippen molar-refractivity contribution in [2.24, 2.45) is 11.7 Å². The van der Waals surface area contributed by atoms with Gasteiger partial charge in [-0.25, -0.2) is 0 Å². The van der Waals surface area contributed by atoms with Crippen LogP contribution in [0, 0.1) is 5.92 Å². The van der Waals surface area contributed by atoms with Crippen LogP contribution in [0.2, 0.25) is 0 Å². The van der Waals surface area contributed by atoms with Crippen molar-refractivity contribution in [2.75, 3.05) is 0 Å². The van der Waals surface area contributed by atoms with Gasteiger partial charge in [0.1, 0.15) is 6.61 Å². The van der Waals surface area contributed by atoms with Gasteiger partial charge in [-0.15, -0.1) is 0 Å². The van der Waals surface area contributed by atoms with E-state index < -0.39 is 0 Å². The molecular weight excluding hydrogens is 214 g/mol. The van der Waals surface area contributed by atoms with Crippen LogP contribution in [0.4, 0.5) is 0 Å². The molecule has 1 rings (SSSR count). The minimum Gasteiger partial charge on any atom is -0.461 e. The number of rotatable bonds is 6. The van der Waals surface area contributed by atoms with Gasteiger partial charge in [-0.05, 0) is 17.9 Å². The fraction of sp³-hybridized carbons (Fsp3) is 0.500. The molecule has 0 aliphatic carbocycles. The standard InChI is InChI=1S/C14H21NO2/c1-11(2)13(15)8-9-14(16)17-10-12-6-4-3-5-7-12/h3-7,11,13H,8-10,15H2,1-2H3. The van der Waals surface area contributed by atoms with E-state index in [1.54, 1.807) is 0 Å². The molecule has 0 heterocycles. The third kappa shape index (κ3) is 5.50. The lowest BCUT2D eigenvalue weighted by Crippen LogP contribution is -2.27. The molecule has 0 bridgehead atoms. The van der Waals surface area contributed by atoms with Crippen LogP contribution in [-0.4, -0.2) is 12.0 Å². The smallest absolute Gasteiger partial charge is 0.306 e. The van der Waals surface area contributed by atoms with Gasteiger partial charge >= 0.3 is 5.97 Å². The fourth-order valence-electron chi connectivity index (χ4n) is 1.43. The topological polar surface area (TPSA) is 52.3 Å². The first-order valence-corrected chi connectivity index (χ1v) is 6.04. The molecule has 1 unspecified atom stereocenters. The van der Waals surface area contributed by atoms with E-state index in [-0.39, 0.29) is 12.0 Å². The van der Waals surface area contributed by atoms with Crippen molar-refractivity contribution in [3.63, 3.8) is 0 Å². The predicted molar refractivity (Wildman–Crippen MR) is 68.3 cm³/mol. The number of carbonyl (C=O) groups excluding carboxylic acids is 1. The number of hydrogen-bond acceptors (Lipinski definition) is 3. The summed E-state index contributed by atoms with van der Waals surface area (Å²) in [6, 6.07) is 9.74.